The summed E-state index contributed by atoms with van der Waals surface area (Å²) in [5, 5.41) is 18.3. The summed E-state index contributed by atoms with van der Waals surface area (Å²) in [6, 6.07) is 3.78. The molecule has 2 rings (SSSR count). The van der Waals surface area contributed by atoms with Crippen LogP contribution in [0.3, 0.4) is 0 Å². The van der Waals surface area contributed by atoms with Gasteiger partial charge in [0.2, 0.25) is 0 Å². The first-order chi connectivity index (χ1) is 10.4. The Kier molecular flexibility index (Phi) is 5.15. The topological polar surface area (TPSA) is 82.6 Å². The van der Waals surface area contributed by atoms with Crippen molar-refractivity contribution in [3.8, 4) is 5.75 Å². The fourth-order valence-corrected chi connectivity index (χ4v) is 2.25. The average Bonchev–Trinajstić information content (AvgIpc) is 2.86. The molecule has 8 heteroatoms. The van der Waals surface area contributed by atoms with Crippen LogP contribution >= 0.6 is 0 Å². The minimum absolute atomic E-state index is 0.0322. The van der Waals surface area contributed by atoms with Gasteiger partial charge in [-0.1, -0.05) is 0 Å². The minimum Gasteiger partial charge on any atom is -0.435 e. The first-order valence-corrected chi connectivity index (χ1v) is 6.91. The van der Waals surface area contributed by atoms with Crippen molar-refractivity contribution in [1.29, 1.82) is 0 Å². The van der Waals surface area contributed by atoms with E-state index in [0.29, 0.717) is 30.8 Å². The third kappa shape index (κ3) is 4.54. The summed E-state index contributed by atoms with van der Waals surface area (Å²) in [7, 11) is 0. The molecule has 6 nitrogen and oxygen atoms in total. The Labute approximate surface area is 126 Å². The Morgan fingerprint density at radius 1 is 1.55 bits per heavy atom. The number of nitrogens with one attached hydrogen (secondary N) is 3. The molecule has 1 saturated heterocycles. The number of alkyl halides is 2. The van der Waals surface area contributed by atoms with Gasteiger partial charge < -0.3 is 25.8 Å². The fraction of sp³-hybridized carbons (Fsp3) is 0.500. The molecule has 1 fully saturated rings. The number of benzene rings is 1. The van der Waals surface area contributed by atoms with E-state index < -0.39 is 18.2 Å². The van der Waals surface area contributed by atoms with Crippen LogP contribution in [0.15, 0.2) is 18.2 Å². The summed E-state index contributed by atoms with van der Waals surface area (Å²) in [5.41, 5.74) is 0.145. The molecule has 122 valence electrons. The number of amides is 2. The van der Waals surface area contributed by atoms with Crippen LogP contribution in [0, 0.1) is 6.92 Å². The molecule has 0 radical (unpaired) electrons. The largest absolute Gasteiger partial charge is 0.435 e. The molecule has 1 aliphatic rings. The predicted molar refractivity (Wildman–Crippen MR) is 77.3 cm³/mol. The second-order valence-electron chi connectivity index (χ2n) is 5.31. The van der Waals surface area contributed by atoms with E-state index in [-0.39, 0.29) is 12.3 Å². The van der Waals surface area contributed by atoms with Crippen LogP contribution in [-0.4, -0.2) is 43.0 Å². The van der Waals surface area contributed by atoms with Gasteiger partial charge in [-0.25, -0.2) is 4.79 Å². The molecule has 0 aromatic heterocycles. The van der Waals surface area contributed by atoms with Crippen molar-refractivity contribution in [2.75, 3.05) is 25.0 Å². The maximum atomic E-state index is 12.1. The molecule has 1 heterocycles. The molecule has 0 spiro atoms. The van der Waals surface area contributed by atoms with E-state index in [0.717, 1.165) is 0 Å². The number of ether oxygens (including phenoxy) is 1. The number of aryl methyl sites for hydroxylation is 1. The van der Waals surface area contributed by atoms with E-state index >= 15 is 0 Å². The molecular formula is C14H19F2N3O3. The predicted octanol–water partition coefficient (Wildman–Crippen LogP) is 1.44. The second kappa shape index (κ2) is 6.89. The maximum absolute atomic E-state index is 12.1. The lowest BCUT2D eigenvalue weighted by Crippen LogP contribution is -2.45. The quantitative estimate of drug-likeness (QED) is 0.663. The van der Waals surface area contributed by atoms with Crippen molar-refractivity contribution >= 4 is 11.7 Å². The van der Waals surface area contributed by atoms with E-state index in [2.05, 4.69) is 20.7 Å². The zero-order chi connectivity index (χ0) is 16.2. The summed E-state index contributed by atoms with van der Waals surface area (Å²) in [6.07, 6.45) is 0.575. The van der Waals surface area contributed by atoms with Gasteiger partial charge in [-0.3, -0.25) is 0 Å². The van der Waals surface area contributed by atoms with E-state index in [9.17, 15) is 18.7 Å². The lowest BCUT2D eigenvalue weighted by Gasteiger charge is -2.21. The first kappa shape index (κ1) is 16.4. The summed E-state index contributed by atoms with van der Waals surface area (Å²) in [5.74, 6) is 0.0322. The second-order valence-corrected chi connectivity index (χ2v) is 5.31. The number of halogens is 2. The molecule has 0 bridgehead atoms. The van der Waals surface area contributed by atoms with Crippen molar-refractivity contribution in [2.45, 2.75) is 25.6 Å². The SMILES string of the molecule is Cc1cc(OC(F)F)ccc1NC(=O)NC[C@]1(O)CCNC1. The van der Waals surface area contributed by atoms with Crippen LogP contribution in [0.2, 0.25) is 0 Å². The van der Waals surface area contributed by atoms with Gasteiger partial charge in [-0.2, -0.15) is 8.78 Å². The van der Waals surface area contributed by atoms with Crippen molar-refractivity contribution < 1.29 is 23.4 Å². The average molecular weight is 315 g/mol. The Hall–Kier alpha value is -1.93. The van der Waals surface area contributed by atoms with E-state index in [1.165, 1.54) is 18.2 Å². The Morgan fingerprint density at radius 2 is 2.32 bits per heavy atom. The number of hydrogen-bond donors (Lipinski definition) is 4. The van der Waals surface area contributed by atoms with Gasteiger partial charge in [0.25, 0.3) is 0 Å². The van der Waals surface area contributed by atoms with Crippen LogP contribution in [-0.2, 0) is 0 Å². The fourth-order valence-electron chi connectivity index (χ4n) is 2.25. The summed E-state index contributed by atoms with van der Waals surface area (Å²) in [6.45, 7) is 0.0679. The lowest BCUT2D eigenvalue weighted by molar-refractivity contribution is -0.0498. The zero-order valence-corrected chi connectivity index (χ0v) is 12.2. The number of β-amino-alcohol motifs (C(OH)–C–C–N with tert-alkyl or cyclic N) is 1. The van der Waals surface area contributed by atoms with Crippen LogP contribution in [0.1, 0.15) is 12.0 Å². The Morgan fingerprint density at radius 3 is 2.91 bits per heavy atom. The van der Waals surface area contributed by atoms with Crippen molar-refractivity contribution in [3.05, 3.63) is 23.8 Å². The highest BCUT2D eigenvalue weighted by molar-refractivity contribution is 5.90. The Balaban J connectivity index is 1.88. The van der Waals surface area contributed by atoms with Crippen LogP contribution < -0.4 is 20.7 Å². The molecule has 0 saturated carbocycles. The van der Waals surface area contributed by atoms with E-state index in [4.69, 9.17) is 0 Å². The lowest BCUT2D eigenvalue weighted by atomic mass is 10.0. The normalized spacial score (nSPS) is 21.0. The maximum Gasteiger partial charge on any atom is 0.387 e. The molecule has 4 N–H and O–H groups in total. The van der Waals surface area contributed by atoms with Crippen LogP contribution in [0.5, 0.6) is 5.75 Å². The van der Waals surface area contributed by atoms with Crippen LogP contribution in [0.4, 0.5) is 19.3 Å². The van der Waals surface area contributed by atoms with Gasteiger partial charge in [-0.05, 0) is 43.7 Å². The first-order valence-electron chi connectivity index (χ1n) is 6.91. The minimum atomic E-state index is -2.89. The molecule has 0 aliphatic carbocycles. The number of aliphatic hydroxyl groups is 1. The van der Waals surface area contributed by atoms with Crippen molar-refractivity contribution in [3.63, 3.8) is 0 Å². The van der Waals surface area contributed by atoms with Gasteiger partial charge in [0.1, 0.15) is 5.75 Å². The third-order valence-electron chi connectivity index (χ3n) is 3.47. The van der Waals surface area contributed by atoms with E-state index in [1.807, 2.05) is 0 Å². The summed E-state index contributed by atoms with van der Waals surface area (Å²) < 4.78 is 28.5. The number of rotatable bonds is 5. The van der Waals surface area contributed by atoms with Gasteiger partial charge in [-0.15, -0.1) is 0 Å². The molecule has 1 aliphatic heterocycles. The molecule has 2 amide bonds. The van der Waals surface area contributed by atoms with Crippen molar-refractivity contribution in [2.24, 2.45) is 0 Å². The monoisotopic (exact) mass is 315 g/mol. The van der Waals surface area contributed by atoms with Gasteiger partial charge in [0, 0.05) is 18.8 Å². The van der Waals surface area contributed by atoms with Gasteiger partial charge in [0.15, 0.2) is 0 Å². The third-order valence-corrected chi connectivity index (χ3v) is 3.47. The smallest absolute Gasteiger partial charge is 0.387 e. The molecule has 0 unspecified atom stereocenters. The molecule has 1 atom stereocenters. The molecule has 1 aromatic carbocycles. The standard InChI is InChI=1S/C14H19F2N3O3/c1-9-6-10(22-12(15)16)2-3-11(9)19-13(20)18-8-14(21)4-5-17-7-14/h2-3,6,12,17,21H,4-5,7-8H2,1H3,(H2,18,19,20)/t14-/m0/s1. The summed E-state index contributed by atoms with van der Waals surface area (Å²) >= 11 is 0. The van der Waals surface area contributed by atoms with Gasteiger partial charge in [0.05, 0.1) is 5.60 Å². The number of carbonyl (C=O) groups is 1. The van der Waals surface area contributed by atoms with Crippen molar-refractivity contribution in [1.82, 2.24) is 10.6 Å². The molecular weight excluding hydrogens is 296 g/mol. The highest BCUT2D eigenvalue weighted by Gasteiger charge is 2.31. The highest BCUT2D eigenvalue weighted by atomic mass is 19.3. The molecule has 22 heavy (non-hydrogen) atoms. The number of urea groups is 1. The Bertz CT molecular complexity index is 534. The number of hydrogen-bond acceptors (Lipinski definition) is 4. The van der Waals surface area contributed by atoms with Crippen LogP contribution in [0.25, 0.3) is 0 Å². The van der Waals surface area contributed by atoms with E-state index in [1.54, 1.807) is 6.92 Å². The highest BCUT2D eigenvalue weighted by Crippen LogP contribution is 2.22. The zero-order valence-electron chi connectivity index (χ0n) is 12.2. The van der Waals surface area contributed by atoms with Gasteiger partial charge >= 0.3 is 12.6 Å². The molecule has 1 aromatic rings. The number of carbonyl (C=O) groups excluding carboxylic acids is 1. The summed E-state index contributed by atoms with van der Waals surface area (Å²) in [4.78, 5) is 11.8. The number of anilines is 1.